The second-order valence-corrected chi connectivity index (χ2v) is 12.5. The fourth-order valence-electron chi connectivity index (χ4n) is 6.17. The number of carbonyl (C=O) groups excluding carboxylic acids is 1. The molecule has 1 aliphatic heterocycles. The van der Waals surface area contributed by atoms with Gasteiger partial charge in [0.15, 0.2) is 0 Å². The van der Waals surface area contributed by atoms with Crippen LogP contribution in [0, 0.1) is 5.92 Å². The molecule has 1 aromatic heterocycles. The van der Waals surface area contributed by atoms with E-state index in [1.54, 1.807) is 24.5 Å². The smallest absolute Gasteiger partial charge is 0.246 e. The highest BCUT2D eigenvalue weighted by atomic mass is 79.9. The van der Waals surface area contributed by atoms with Gasteiger partial charge in [-0.2, -0.15) is 0 Å². The Bertz CT molecular complexity index is 1100. The third-order valence-corrected chi connectivity index (χ3v) is 10.1. The number of methoxy groups -OCH3 is 1. The van der Waals surface area contributed by atoms with Crippen LogP contribution in [0.25, 0.3) is 6.08 Å². The van der Waals surface area contributed by atoms with Gasteiger partial charge in [0.2, 0.25) is 5.91 Å². The van der Waals surface area contributed by atoms with Gasteiger partial charge in [-0.1, -0.05) is 12.1 Å². The number of β-amino-alcohol motifs (C(OH)–C–C–N with tert-alkyl or cyclic N) is 1. The SMILES string of the molecule is COc1cccc([C@@]23CCN(CC4CC4)C[C@@]2(O)CC[C@H](N(C)C(=O)/C=C/c2cc(Br)cs2)C3)c1. The van der Waals surface area contributed by atoms with Gasteiger partial charge < -0.3 is 19.6 Å². The molecule has 2 aromatic rings. The third kappa shape index (κ3) is 5.10. The third-order valence-electron chi connectivity index (χ3n) is 8.41. The highest BCUT2D eigenvalue weighted by Crippen LogP contribution is 2.53. The maximum Gasteiger partial charge on any atom is 0.246 e. The average molecular weight is 560 g/mol. The van der Waals surface area contributed by atoms with Gasteiger partial charge in [0.25, 0.3) is 0 Å². The number of hydrogen-bond donors (Lipinski definition) is 1. The van der Waals surface area contributed by atoms with Crippen molar-refractivity contribution in [2.45, 2.75) is 55.6 Å². The number of ether oxygens (including phenoxy) is 1. The minimum atomic E-state index is -0.814. The summed E-state index contributed by atoms with van der Waals surface area (Å²) in [6, 6.07) is 10.3. The van der Waals surface area contributed by atoms with Gasteiger partial charge in [-0.05, 0) is 96.8 Å². The van der Waals surface area contributed by atoms with Crippen LogP contribution >= 0.6 is 27.3 Å². The van der Waals surface area contributed by atoms with Gasteiger partial charge in [0.05, 0.1) is 12.7 Å². The molecule has 0 unspecified atom stereocenters. The van der Waals surface area contributed by atoms with Crippen LogP contribution in [0.1, 0.15) is 49.0 Å². The summed E-state index contributed by atoms with van der Waals surface area (Å²) >= 11 is 5.08. The van der Waals surface area contributed by atoms with E-state index in [0.717, 1.165) is 58.9 Å². The number of amides is 1. The van der Waals surface area contributed by atoms with Crippen molar-refractivity contribution in [3.63, 3.8) is 0 Å². The zero-order chi connectivity index (χ0) is 24.6. The minimum Gasteiger partial charge on any atom is -0.497 e. The van der Waals surface area contributed by atoms with Gasteiger partial charge in [-0.3, -0.25) is 4.79 Å². The molecular weight excluding hydrogens is 524 g/mol. The van der Waals surface area contributed by atoms with Gasteiger partial charge >= 0.3 is 0 Å². The van der Waals surface area contributed by atoms with Gasteiger partial charge in [-0.25, -0.2) is 0 Å². The van der Waals surface area contributed by atoms with Crippen molar-refractivity contribution in [3.05, 3.63) is 56.7 Å². The summed E-state index contributed by atoms with van der Waals surface area (Å²) in [6.45, 7) is 2.79. The first-order valence-electron chi connectivity index (χ1n) is 12.6. The second-order valence-electron chi connectivity index (χ2n) is 10.6. The summed E-state index contributed by atoms with van der Waals surface area (Å²) in [6.07, 6.45) is 9.35. The van der Waals surface area contributed by atoms with E-state index in [2.05, 4.69) is 33.0 Å². The van der Waals surface area contributed by atoms with Crippen molar-refractivity contribution in [3.8, 4) is 5.75 Å². The summed E-state index contributed by atoms with van der Waals surface area (Å²) in [5.41, 5.74) is -0.0807. The molecule has 0 radical (unpaired) electrons. The molecule has 5 rings (SSSR count). The first-order valence-corrected chi connectivity index (χ1v) is 14.3. The number of aliphatic hydroxyl groups is 1. The Labute approximate surface area is 220 Å². The topological polar surface area (TPSA) is 53.0 Å². The number of halogens is 1. The largest absolute Gasteiger partial charge is 0.497 e. The fraction of sp³-hybridized carbons (Fsp3) is 0.536. The molecule has 7 heteroatoms. The first kappa shape index (κ1) is 25.0. The molecule has 1 amide bonds. The standard InChI is InChI=1S/C28H35BrN2O3S/c1-30(26(32)9-8-25-15-22(29)18-35-25)23-10-11-28(33)19-31(17-20-6-7-20)13-12-27(28,16-23)21-4-3-5-24(14-21)34-2/h3-5,8-9,14-15,18,20,23,33H,6-7,10-13,16-17,19H2,1-2H3/b9-8+/t23-,27-,28-/m0/s1. The maximum absolute atomic E-state index is 13.1. The molecular formula is C28H35BrN2O3S. The number of benzene rings is 1. The molecule has 2 saturated carbocycles. The molecule has 0 spiro atoms. The number of fused-ring (bicyclic) bond motifs is 1. The molecule has 2 aliphatic carbocycles. The van der Waals surface area contributed by atoms with E-state index in [4.69, 9.17) is 4.74 Å². The number of piperidine rings is 1. The summed E-state index contributed by atoms with van der Waals surface area (Å²) in [5.74, 6) is 1.63. The van der Waals surface area contributed by atoms with Crippen molar-refractivity contribution < 1.29 is 14.6 Å². The zero-order valence-corrected chi connectivity index (χ0v) is 23.0. The fourth-order valence-corrected chi connectivity index (χ4v) is 7.51. The maximum atomic E-state index is 13.1. The zero-order valence-electron chi connectivity index (χ0n) is 20.6. The summed E-state index contributed by atoms with van der Waals surface area (Å²) in [7, 11) is 3.60. The van der Waals surface area contributed by atoms with E-state index >= 15 is 0 Å². The predicted octanol–water partition coefficient (Wildman–Crippen LogP) is 5.33. The lowest BCUT2D eigenvalue weighted by Crippen LogP contribution is -2.67. The van der Waals surface area contributed by atoms with Crippen molar-refractivity contribution >= 4 is 39.2 Å². The highest BCUT2D eigenvalue weighted by Gasteiger charge is 2.58. The average Bonchev–Trinajstić information content (AvgIpc) is 3.58. The lowest BCUT2D eigenvalue weighted by atomic mass is 9.55. The molecule has 188 valence electrons. The van der Waals surface area contributed by atoms with Gasteiger partial charge in [-0.15, -0.1) is 11.3 Å². The van der Waals surface area contributed by atoms with Crippen LogP contribution in [0.4, 0.5) is 0 Å². The lowest BCUT2D eigenvalue weighted by Gasteiger charge is -2.59. The van der Waals surface area contributed by atoms with Gasteiger partial charge in [0, 0.05) is 52.4 Å². The number of rotatable bonds is 7. The Balaban J connectivity index is 1.40. The van der Waals surface area contributed by atoms with E-state index in [9.17, 15) is 9.90 Å². The van der Waals surface area contributed by atoms with Crippen LogP contribution in [-0.2, 0) is 10.2 Å². The second kappa shape index (κ2) is 10.0. The van der Waals surface area contributed by atoms with Crippen LogP contribution in [0.3, 0.4) is 0 Å². The molecule has 1 N–H and O–H groups in total. The van der Waals surface area contributed by atoms with E-state index in [1.807, 2.05) is 41.6 Å². The van der Waals surface area contributed by atoms with Crippen LogP contribution in [0.15, 0.2) is 46.3 Å². The molecule has 1 saturated heterocycles. The number of nitrogens with zero attached hydrogens (tertiary/aromatic N) is 2. The molecule has 3 aliphatic rings. The predicted molar refractivity (Wildman–Crippen MR) is 145 cm³/mol. The lowest BCUT2D eigenvalue weighted by molar-refractivity contribution is -0.144. The summed E-state index contributed by atoms with van der Waals surface area (Å²) in [4.78, 5) is 18.5. The molecule has 5 nitrogen and oxygen atoms in total. The highest BCUT2D eigenvalue weighted by molar-refractivity contribution is 9.10. The molecule has 1 aromatic carbocycles. The summed E-state index contributed by atoms with van der Waals surface area (Å²) < 4.78 is 6.59. The Kier molecular flexibility index (Phi) is 7.14. The van der Waals surface area contributed by atoms with E-state index in [1.165, 1.54) is 12.8 Å². The van der Waals surface area contributed by atoms with E-state index < -0.39 is 11.0 Å². The van der Waals surface area contributed by atoms with Crippen molar-refractivity contribution in [1.82, 2.24) is 9.80 Å². The van der Waals surface area contributed by atoms with Crippen molar-refractivity contribution in [1.29, 1.82) is 0 Å². The van der Waals surface area contributed by atoms with Crippen molar-refractivity contribution in [2.24, 2.45) is 5.92 Å². The van der Waals surface area contributed by atoms with E-state index in [-0.39, 0.29) is 11.9 Å². The Morgan fingerprint density at radius 2 is 2.14 bits per heavy atom. The minimum absolute atomic E-state index is 0.0110. The van der Waals surface area contributed by atoms with Gasteiger partial charge in [0.1, 0.15) is 5.75 Å². The number of hydrogen-bond acceptors (Lipinski definition) is 5. The quantitative estimate of drug-likeness (QED) is 0.467. The number of likely N-dealkylation sites (tertiary alicyclic amines) is 1. The van der Waals surface area contributed by atoms with Crippen molar-refractivity contribution in [2.75, 3.05) is 33.8 Å². The molecule has 3 atom stereocenters. The first-order chi connectivity index (χ1) is 16.8. The summed E-state index contributed by atoms with van der Waals surface area (Å²) in [5, 5.41) is 14.3. The Morgan fingerprint density at radius 1 is 1.31 bits per heavy atom. The molecule has 3 fully saturated rings. The van der Waals surface area contributed by atoms with Crippen LogP contribution in [0.2, 0.25) is 0 Å². The Hall–Kier alpha value is -1.67. The molecule has 0 bridgehead atoms. The van der Waals surface area contributed by atoms with Crippen LogP contribution in [-0.4, -0.2) is 66.2 Å². The molecule has 35 heavy (non-hydrogen) atoms. The number of likely N-dealkylation sites (N-methyl/N-ethyl adjacent to an activating group) is 1. The molecule has 2 heterocycles. The Morgan fingerprint density at radius 3 is 2.86 bits per heavy atom. The monoisotopic (exact) mass is 558 g/mol. The van der Waals surface area contributed by atoms with Crippen LogP contribution in [0.5, 0.6) is 5.75 Å². The number of carbonyl (C=O) groups is 1. The van der Waals surface area contributed by atoms with Crippen LogP contribution < -0.4 is 4.74 Å². The normalized spacial score (nSPS) is 29.2. The number of thiophene rings is 1. The van der Waals surface area contributed by atoms with E-state index in [0.29, 0.717) is 13.0 Å².